The van der Waals surface area contributed by atoms with E-state index in [1.807, 2.05) is 6.07 Å². The van der Waals surface area contributed by atoms with Crippen molar-refractivity contribution in [2.24, 2.45) is 0 Å². The number of phenols is 2. The zero-order valence-corrected chi connectivity index (χ0v) is 20.5. The van der Waals surface area contributed by atoms with Gasteiger partial charge in [-0.05, 0) is 48.5 Å². The van der Waals surface area contributed by atoms with Crippen molar-refractivity contribution < 1.29 is 73.6 Å². The van der Waals surface area contributed by atoms with E-state index in [1.165, 1.54) is 18.2 Å². The Hall–Kier alpha value is -2.54. The molecule has 2 N–H and O–H groups in total. The first-order valence-electron chi connectivity index (χ1n) is 8.84. The summed E-state index contributed by atoms with van der Waals surface area (Å²) in [5.74, 6) is 0.332. The first-order chi connectivity index (χ1) is 14.0. The van der Waals surface area contributed by atoms with Gasteiger partial charge in [0.2, 0.25) is 0 Å². The number of rotatable bonds is 4. The van der Waals surface area contributed by atoms with E-state index < -0.39 is 5.82 Å². The van der Waals surface area contributed by atoms with Crippen LogP contribution < -0.4 is 42.0 Å². The second-order valence-electron chi connectivity index (χ2n) is 6.41. The molecule has 0 saturated carbocycles. The number of methoxy groups -OCH3 is 1. The molecule has 0 spiro atoms. The fourth-order valence-corrected chi connectivity index (χ4v) is 3.02. The molecule has 0 atom stereocenters. The molecule has 0 aliphatic carbocycles. The molecule has 10 heteroatoms. The van der Waals surface area contributed by atoms with Crippen LogP contribution in [0.5, 0.6) is 17.2 Å². The Morgan fingerprint density at radius 1 is 0.697 bits per heavy atom. The SMILES string of the molecule is COc1ccc(O)c(-c2ccc(-c3ccc(-c4cc(F)ccc4O)cn3)nc2)c1.[Cl-].[Cl-].[Cl-].[Mn+3]. The average molecular weight is 550 g/mol. The smallest absolute Gasteiger partial charge is 1.00 e. The van der Waals surface area contributed by atoms with Crippen molar-refractivity contribution in [2.45, 2.75) is 0 Å². The number of aromatic hydroxyl groups is 2. The third-order valence-electron chi connectivity index (χ3n) is 4.57. The van der Waals surface area contributed by atoms with Crippen molar-refractivity contribution in [1.29, 1.82) is 0 Å². The van der Waals surface area contributed by atoms with Crippen molar-refractivity contribution >= 4 is 0 Å². The van der Waals surface area contributed by atoms with Gasteiger partial charge < -0.3 is 52.2 Å². The van der Waals surface area contributed by atoms with E-state index in [2.05, 4.69) is 9.97 Å². The minimum Gasteiger partial charge on any atom is -1.00 e. The molecular weight excluding hydrogens is 533 g/mol. The fourth-order valence-electron chi connectivity index (χ4n) is 3.02. The maximum atomic E-state index is 13.5. The van der Waals surface area contributed by atoms with Gasteiger partial charge in [-0.3, -0.25) is 9.97 Å². The Labute approximate surface area is 219 Å². The van der Waals surface area contributed by atoms with Gasteiger partial charge in [-0.1, -0.05) is 12.1 Å². The van der Waals surface area contributed by atoms with Gasteiger partial charge >= 0.3 is 17.1 Å². The van der Waals surface area contributed by atoms with Crippen LogP contribution in [0.25, 0.3) is 33.6 Å². The van der Waals surface area contributed by atoms with Crippen molar-refractivity contribution in [3.63, 3.8) is 0 Å². The summed E-state index contributed by atoms with van der Waals surface area (Å²) in [5, 5.41) is 20.0. The molecule has 2 aromatic carbocycles. The van der Waals surface area contributed by atoms with Gasteiger partial charge in [0.25, 0.3) is 0 Å². The van der Waals surface area contributed by atoms with Crippen LogP contribution >= 0.6 is 0 Å². The second kappa shape index (κ2) is 13.2. The van der Waals surface area contributed by atoms with E-state index in [0.717, 1.165) is 5.56 Å². The fraction of sp³-hybridized carbons (Fsp3) is 0.0435. The zero-order chi connectivity index (χ0) is 20.4. The number of pyridine rings is 2. The van der Waals surface area contributed by atoms with Gasteiger partial charge in [-0.15, -0.1) is 0 Å². The molecule has 2 heterocycles. The van der Waals surface area contributed by atoms with Crippen molar-refractivity contribution in [2.75, 3.05) is 7.11 Å². The standard InChI is InChI=1S/C23H17FN2O3.3ClH.Mn/c1-29-17-5-9-23(28)19(11-17)15-3-7-21(26-13-15)20-6-2-14(12-25-20)18-10-16(24)4-8-22(18)27;;;;/h2-13,27-28H,1H3;3*1H;/q;;;;+3/p-3. The molecule has 4 aromatic rings. The van der Waals surface area contributed by atoms with Crippen molar-refractivity contribution in [1.82, 2.24) is 9.97 Å². The van der Waals surface area contributed by atoms with E-state index in [0.29, 0.717) is 33.8 Å². The van der Waals surface area contributed by atoms with Gasteiger partial charge in [0.15, 0.2) is 0 Å². The average Bonchev–Trinajstić information content (AvgIpc) is 2.76. The van der Waals surface area contributed by atoms with Crippen molar-refractivity contribution in [3.8, 4) is 50.9 Å². The van der Waals surface area contributed by atoms with Gasteiger partial charge in [0, 0.05) is 34.6 Å². The Morgan fingerprint density at radius 3 is 1.64 bits per heavy atom. The molecule has 0 saturated heterocycles. The molecule has 0 radical (unpaired) electrons. The number of nitrogens with zero attached hydrogens (tertiary/aromatic N) is 2. The van der Waals surface area contributed by atoms with Crippen LogP contribution in [0.4, 0.5) is 4.39 Å². The maximum Gasteiger partial charge on any atom is 3.00 e. The first kappa shape index (κ1) is 30.5. The molecule has 0 bridgehead atoms. The molecule has 0 aliphatic rings. The molecule has 0 amide bonds. The van der Waals surface area contributed by atoms with E-state index in [1.54, 1.807) is 55.9 Å². The summed E-state index contributed by atoms with van der Waals surface area (Å²) >= 11 is 0. The van der Waals surface area contributed by atoms with Gasteiger partial charge in [-0.2, -0.15) is 0 Å². The van der Waals surface area contributed by atoms with E-state index in [-0.39, 0.29) is 65.8 Å². The van der Waals surface area contributed by atoms with E-state index in [9.17, 15) is 14.6 Å². The zero-order valence-electron chi connectivity index (χ0n) is 17.0. The normalized spacial score (nSPS) is 9.39. The van der Waals surface area contributed by atoms with E-state index in [4.69, 9.17) is 4.74 Å². The number of hydrogen-bond acceptors (Lipinski definition) is 5. The molecule has 4 rings (SSSR count). The number of halogens is 4. The molecule has 2 aromatic heterocycles. The summed E-state index contributed by atoms with van der Waals surface area (Å²) in [6.45, 7) is 0. The van der Waals surface area contributed by atoms with Crippen molar-refractivity contribution in [3.05, 3.63) is 78.9 Å². The Kier molecular flexibility index (Phi) is 12.2. The third-order valence-corrected chi connectivity index (χ3v) is 4.57. The van der Waals surface area contributed by atoms with Crippen LogP contribution in [-0.2, 0) is 17.1 Å². The van der Waals surface area contributed by atoms with Gasteiger partial charge in [-0.25, -0.2) is 4.39 Å². The summed E-state index contributed by atoms with van der Waals surface area (Å²) in [4.78, 5) is 8.81. The largest absolute Gasteiger partial charge is 3.00 e. The summed E-state index contributed by atoms with van der Waals surface area (Å²) in [6.07, 6.45) is 3.21. The Morgan fingerprint density at radius 2 is 1.18 bits per heavy atom. The number of benzene rings is 2. The Bertz CT molecular complexity index is 1180. The summed E-state index contributed by atoms with van der Waals surface area (Å²) in [7, 11) is 1.57. The number of hydrogen-bond donors (Lipinski definition) is 2. The van der Waals surface area contributed by atoms with Crippen LogP contribution in [0.15, 0.2) is 73.1 Å². The number of aromatic nitrogens is 2. The predicted molar refractivity (Wildman–Crippen MR) is 108 cm³/mol. The summed E-state index contributed by atoms with van der Waals surface area (Å²) in [5.41, 5.74) is 3.61. The van der Waals surface area contributed by atoms with Crippen LogP contribution in [0.1, 0.15) is 0 Å². The molecule has 0 aliphatic heterocycles. The maximum absolute atomic E-state index is 13.5. The molecule has 172 valence electrons. The predicted octanol–water partition coefficient (Wildman–Crippen LogP) is -3.95. The molecule has 0 unspecified atom stereocenters. The first-order valence-corrected chi connectivity index (χ1v) is 8.84. The van der Waals surface area contributed by atoms with Gasteiger partial charge in [0.05, 0.1) is 18.5 Å². The number of phenolic OH excluding ortho intramolecular Hbond substituents is 2. The topological polar surface area (TPSA) is 75.5 Å². The second-order valence-corrected chi connectivity index (χ2v) is 6.41. The molecule has 0 fully saturated rings. The van der Waals surface area contributed by atoms with Crippen LogP contribution in [-0.4, -0.2) is 27.3 Å². The van der Waals surface area contributed by atoms with Crippen LogP contribution in [0.2, 0.25) is 0 Å². The van der Waals surface area contributed by atoms with Gasteiger partial charge in [0.1, 0.15) is 23.1 Å². The molecular formula is C23H17Cl3FMnN2O3. The monoisotopic (exact) mass is 548 g/mol. The van der Waals surface area contributed by atoms with Crippen LogP contribution in [0.3, 0.4) is 0 Å². The minimum atomic E-state index is -0.431. The minimum absolute atomic E-state index is 0. The quantitative estimate of drug-likeness (QED) is 0.254. The van der Waals surface area contributed by atoms with Crippen LogP contribution in [0, 0.1) is 5.82 Å². The number of ether oxygens (including phenoxy) is 1. The molecule has 33 heavy (non-hydrogen) atoms. The summed E-state index contributed by atoms with van der Waals surface area (Å²) < 4.78 is 18.7. The third kappa shape index (κ3) is 6.73. The molecule has 5 nitrogen and oxygen atoms in total. The Balaban J connectivity index is 0.00000256. The van der Waals surface area contributed by atoms with E-state index >= 15 is 0 Å². The summed E-state index contributed by atoms with van der Waals surface area (Å²) in [6, 6.07) is 15.9.